The summed E-state index contributed by atoms with van der Waals surface area (Å²) in [5.41, 5.74) is 2.32. The first kappa shape index (κ1) is 11.4. The number of hydrogen-bond acceptors (Lipinski definition) is 3. The van der Waals surface area contributed by atoms with Crippen LogP contribution in [-0.2, 0) is 13.5 Å². The Kier molecular flexibility index (Phi) is 2.95. The fourth-order valence-corrected chi connectivity index (χ4v) is 1.61. The van der Waals surface area contributed by atoms with Crippen LogP contribution in [0.1, 0.15) is 28.8 Å². The van der Waals surface area contributed by atoms with Gasteiger partial charge in [-0.3, -0.25) is 14.6 Å². The van der Waals surface area contributed by atoms with Gasteiger partial charge in [0.2, 0.25) is 0 Å². The van der Waals surface area contributed by atoms with E-state index in [1.54, 1.807) is 17.8 Å². The summed E-state index contributed by atoms with van der Waals surface area (Å²) in [6.45, 7) is 3.87. The lowest BCUT2D eigenvalue weighted by Crippen LogP contribution is -2.16. The minimum Gasteiger partial charge on any atom is -0.304 e. The second-order valence-electron chi connectivity index (χ2n) is 3.88. The van der Waals surface area contributed by atoms with E-state index in [4.69, 9.17) is 0 Å². The van der Waals surface area contributed by atoms with Crippen LogP contribution >= 0.6 is 0 Å². The molecule has 0 saturated heterocycles. The first-order chi connectivity index (χ1) is 8.10. The average molecular weight is 233 g/mol. The van der Waals surface area contributed by atoms with Crippen molar-refractivity contribution in [1.29, 1.82) is 0 Å². The van der Waals surface area contributed by atoms with Gasteiger partial charge < -0.3 is 5.32 Å². The van der Waals surface area contributed by atoms with E-state index in [-0.39, 0.29) is 5.91 Å². The van der Waals surface area contributed by atoms with Crippen molar-refractivity contribution in [3.8, 4) is 0 Å². The number of rotatable bonds is 3. The lowest BCUT2D eigenvalue weighted by Gasteiger charge is -2.01. The Morgan fingerprint density at radius 2 is 2.29 bits per heavy atom. The minimum absolute atomic E-state index is 0.206. The molecule has 6 nitrogen and oxygen atoms in total. The maximum atomic E-state index is 11.9. The van der Waals surface area contributed by atoms with Crippen LogP contribution in [0, 0.1) is 6.92 Å². The highest BCUT2D eigenvalue weighted by Gasteiger charge is 2.13. The highest BCUT2D eigenvalue weighted by atomic mass is 16.2. The van der Waals surface area contributed by atoms with Gasteiger partial charge in [-0.05, 0) is 19.4 Å². The fourth-order valence-electron chi connectivity index (χ4n) is 1.61. The SMILES string of the molecule is CCc1cc(NC(=O)c2cc(C)nn2C)n[nH]1. The summed E-state index contributed by atoms with van der Waals surface area (Å²) in [5.74, 6) is 0.327. The van der Waals surface area contributed by atoms with Crippen molar-refractivity contribution in [3.05, 3.63) is 29.2 Å². The van der Waals surface area contributed by atoms with E-state index in [1.807, 2.05) is 19.9 Å². The fraction of sp³-hybridized carbons (Fsp3) is 0.364. The lowest BCUT2D eigenvalue weighted by atomic mass is 10.3. The van der Waals surface area contributed by atoms with E-state index >= 15 is 0 Å². The van der Waals surface area contributed by atoms with Crippen LogP contribution in [0.5, 0.6) is 0 Å². The van der Waals surface area contributed by atoms with E-state index in [0.29, 0.717) is 11.5 Å². The van der Waals surface area contributed by atoms with Crippen LogP contribution in [0.4, 0.5) is 5.82 Å². The quantitative estimate of drug-likeness (QED) is 0.838. The first-order valence-electron chi connectivity index (χ1n) is 5.46. The maximum Gasteiger partial charge on any atom is 0.275 e. The van der Waals surface area contributed by atoms with Gasteiger partial charge in [0.15, 0.2) is 5.82 Å². The molecule has 2 N–H and O–H groups in total. The van der Waals surface area contributed by atoms with Crippen LogP contribution in [0.3, 0.4) is 0 Å². The van der Waals surface area contributed by atoms with Crippen molar-refractivity contribution in [2.45, 2.75) is 20.3 Å². The van der Waals surface area contributed by atoms with Gasteiger partial charge in [-0.25, -0.2) is 0 Å². The van der Waals surface area contributed by atoms with Gasteiger partial charge in [-0.1, -0.05) is 6.92 Å². The molecule has 1 amide bonds. The smallest absolute Gasteiger partial charge is 0.275 e. The van der Waals surface area contributed by atoms with Gasteiger partial charge in [0, 0.05) is 18.8 Å². The van der Waals surface area contributed by atoms with Crippen LogP contribution in [0.25, 0.3) is 0 Å². The van der Waals surface area contributed by atoms with Crippen molar-refractivity contribution in [3.63, 3.8) is 0 Å². The third kappa shape index (κ3) is 2.35. The molecule has 0 bridgehead atoms. The molecular formula is C11H15N5O. The Hall–Kier alpha value is -2.11. The molecule has 0 aliphatic rings. The third-order valence-electron chi connectivity index (χ3n) is 2.49. The maximum absolute atomic E-state index is 11.9. The van der Waals surface area contributed by atoms with E-state index in [2.05, 4.69) is 20.6 Å². The number of H-pyrrole nitrogens is 1. The number of nitrogens with one attached hydrogen (secondary N) is 2. The Bertz CT molecular complexity index is 540. The molecule has 0 atom stereocenters. The van der Waals surface area contributed by atoms with Crippen molar-refractivity contribution in [2.24, 2.45) is 7.05 Å². The summed E-state index contributed by atoms with van der Waals surface area (Å²) < 4.78 is 1.55. The van der Waals surface area contributed by atoms with E-state index in [1.165, 1.54) is 0 Å². The highest BCUT2D eigenvalue weighted by molar-refractivity contribution is 6.02. The lowest BCUT2D eigenvalue weighted by molar-refractivity contribution is 0.101. The highest BCUT2D eigenvalue weighted by Crippen LogP contribution is 2.09. The molecule has 0 aliphatic heterocycles. The number of hydrogen-bond donors (Lipinski definition) is 2. The molecule has 6 heteroatoms. The number of aromatic nitrogens is 4. The molecular weight excluding hydrogens is 218 g/mol. The second kappa shape index (κ2) is 4.40. The number of anilines is 1. The van der Waals surface area contributed by atoms with Gasteiger partial charge in [0.05, 0.1) is 5.69 Å². The van der Waals surface area contributed by atoms with E-state index in [0.717, 1.165) is 17.8 Å². The summed E-state index contributed by atoms with van der Waals surface area (Å²) in [4.78, 5) is 11.9. The standard InChI is InChI=1S/C11H15N5O/c1-4-8-6-10(14-13-8)12-11(17)9-5-7(2)15-16(9)3/h5-6H,4H2,1-3H3,(H2,12,13,14,17). The van der Waals surface area contributed by atoms with Crippen molar-refractivity contribution < 1.29 is 4.79 Å². The predicted molar refractivity (Wildman–Crippen MR) is 63.9 cm³/mol. The third-order valence-corrected chi connectivity index (χ3v) is 2.49. The largest absolute Gasteiger partial charge is 0.304 e. The van der Waals surface area contributed by atoms with Crippen LogP contribution in [0.15, 0.2) is 12.1 Å². The zero-order valence-corrected chi connectivity index (χ0v) is 10.1. The second-order valence-corrected chi connectivity index (χ2v) is 3.88. The number of aromatic amines is 1. The normalized spacial score (nSPS) is 10.5. The van der Waals surface area contributed by atoms with Crippen molar-refractivity contribution >= 4 is 11.7 Å². The molecule has 2 aromatic rings. The molecule has 0 fully saturated rings. The number of carbonyl (C=O) groups excluding carboxylic acids is 1. The average Bonchev–Trinajstić information content (AvgIpc) is 2.85. The number of aryl methyl sites for hydroxylation is 3. The Morgan fingerprint density at radius 1 is 1.53 bits per heavy atom. The molecule has 0 unspecified atom stereocenters. The summed E-state index contributed by atoms with van der Waals surface area (Å²) in [5, 5.41) is 13.7. The molecule has 17 heavy (non-hydrogen) atoms. The van der Waals surface area contributed by atoms with Gasteiger partial charge in [0.1, 0.15) is 5.69 Å². The van der Waals surface area contributed by atoms with Gasteiger partial charge in [-0.15, -0.1) is 0 Å². The zero-order chi connectivity index (χ0) is 12.4. The van der Waals surface area contributed by atoms with Crippen molar-refractivity contribution in [1.82, 2.24) is 20.0 Å². The molecule has 2 heterocycles. The van der Waals surface area contributed by atoms with Gasteiger partial charge >= 0.3 is 0 Å². The Balaban J connectivity index is 2.14. The topological polar surface area (TPSA) is 75.6 Å². The Labute approximate surface area is 99.0 Å². The van der Waals surface area contributed by atoms with Crippen LogP contribution in [-0.4, -0.2) is 25.9 Å². The van der Waals surface area contributed by atoms with Gasteiger partial charge in [-0.2, -0.15) is 10.2 Å². The first-order valence-corrected chi connectivity index (χ1v) is 5.46. The predicted octanol–water partition coefficient (Wildman–Crippen LogP) is 1.27. The zero-order valence-electron chi connectivity index (χ0n) is 10.1. The monoisotopic (exact) mass is 233 g/mol. The number of amides is 1. The van der Waals surface area contributed by atoms with E-state index in [9.17, 15) is 4.79 Å². The van der Waals surface area contributed by atoms with Gasteiger partial charge in [0.25, 0.3) is 5.91 Å². The molecule has 90 valence electrons. The molecule has 0 spiro atoms. The van der Waals surface area contributed by atoms with Crippen LogP contribution < -0.4 is 5.32 Å². The summed E-state index contributed by atoms with van der Waals surface area (Å²) in [6, 6.07) is 3.56. The molecule has 0 aliphatic carbocycles. The summed E-state index contributed by atoms with van der Waals surface area (Å²) >= 11 is 0. The minimum atomic E-state index is -0.206. The molecule has 0 saturated carbocycles. The number of nitrogens with zero attached hydrogens (tertiary/aromatic N) is 3. The summed E-state index contributed by atoms with van der Waals surface area (Å²) in [7, 11) is 1.74. The van der Waals surface area contributed by atoms with Crippen molar-refractivity contribution in [2.75, 3.05) is 5.32 Å². The molecule has 2 aromatic heterocycles. The van der Waals surface area contributed by atoms with E-state index < -0.39 is 0 Å². The number of carbonyl (C=O) groups is 1. The Morgan fingerprint density at radius 3 is 2.82 bits per heavy atom. The molecule has 0 radical (unpaired) electrons. The van der Waals surface area contributed by atoms with Crippen LogP contribution in [0.2, 0.25) is 0 Å². The molecule has 2 rings (SSSR count). The summed E-state index contributed by atoms with van der Waals surface area (Å²) in [6.07, 6.45) is 0.855. The molecule has 0 aromatic carbocycles.